The molecule has 1 aromatic heterocycles. The van der Waals surface area contributed by atoms with Gasteiger partial charge in [0.2, 0.25) is 5.95 Å². The first-order chi connectivity index (χ1) is 11.0. The molecule has 0 saturated heterocycles. The highest BCUT2D eigenvalue weighted by Crippen LogP contribution is 2.24. The summed E-state index contributed by atoms with van der Waals surface area (Å²) in [6.07, 6.45) is 1.36. The lowest BCUT2D eigenvalue weighted by atomic mass is 10.3. The fourth-order valence-electron chi connectivity index (χ4n) is 1.94. The molecule has 1 heterocycles. The number of sulfonamides is 1. The van der Waals surface area contributed by atoms with Crippen LogP contribution in [0.4, 0.5) is 10.3 Å². The molecule has 23 heavy (non-hydrogen) atoms. The van der Waals surface area contributed by atoms with Crippen LogP contribution in [0.2, 0.25) is 5.02 Å². The SMILES string of the molecule is O=S(=O)(Nc1nncn1-c1ccccc1)c1cc(F)ccc1Cl. The molecular weight excluding hydrogens is 343 g/mol. The molecule has 0 aliphatic carbocycles. The number of nitrogens with zero attached hydrogens (tertiary/aromatic N) is 3. The van der Waals surface area contributed by atoms with Crippen LogP contribution in [0, 0.1) is 5.82 Å². The number of anilines is 1. The van der Waals surface area contributed by atoms with E-state index < -0.39 is 15.8 Å². The molecule has 1 N–H and O–H groups in total. The number of halogens is 2. The van der Waals surface area contributed by atoms with E-state index in [1.54, 1.807) is 24.3 Å². The molecule has 0 bridgehead atoms. The maximum Gasteiger partial charge on any atom is 0.265 e. The van der Waals surface area contributed by atoms with Crippen LogP contribution >= 0.6 is 11.6 Å². The largest absolute Gasteiger partial charge is 0.267 e. The van der Waals surface area contributed by atoms with Crippen LogP contribution in [0.5, 0.6) is 0 Å². The summed E-state index contributed by atoms with van der Waals surface area (Å²) >= 11 is 5.85. The Kier molecular flexibility index (Phi) is 4.01. The van der Waals surface area contributed by atoms with E-state index >= 15 is 0 Å². The van der Waals surface area contributed by atoms with Gasteiger partial charge in [-0.3, -0.25) is 4.57 Å². The summed E-state index contributed by atoms with van der Waals surface area (Å²) in [5, 5.41) is 7.34. The van der Waals surface area contributed by atoms with Crippen molar-refractivity contribution in [3.05, 3.63) is 65.7 Å². The van der Waals surface area contributed by atoms with Gasteiger partial charge in [-0.1, -0.05) is 29.8 Å². The monoisotopic (exact) mass is 352 g/mol. The van der Waals surface area contributed by atoms with Crippen molar-refractivity contribution in [1.29, 1.82) is 0 Å². The van der Waals surface area contributed by atoms with Crippen molar-refractivity contribution in [2.75, 3.05) is 4.72 Å². The summed E-state index contributed by atoms with van der Waals surface area (Å²) in [6.45, 7) is 0. The number of aromatic nitrogens is 3. The highest BCUT2D eigenvalue weighted by atomic mass is 35.5. The number of hydrogen-bond acceptors (Lipinski definition) is 4. The van der Waals surface area contributed by atoms with Crippen molar-refractivity contribution in [1.82, 2.24) is 14.8 Å². The molecule has 0 unspecified atom stereocenters. The van der Waals surface area contributed by atoms with Crippen LogP contribution in [0.25, 0.3) is 5.69 Å². The van der Waals surface area contributed by atoms with Gasteiger partial charge in [0.05, 0.1) is 10.7 Å². The molecule has 3 rings (SSSR count). The molecule has 6 nitrogen and oxygen atoms in total. The van der Waals surface area contributed by atoms with E-state index in [9.17, 15) is 12.8 Å². The first-order valence-electron chi connectivity index (χ1n) is 6.41. The van der Waals surface area contributed by atoms with E-state index in [2.05, 4.69) is 14.9 Å². The normalized spacial score (nSPS) is 11.4. The second kappa shape index (κ2) is 5.98. The Hall–Kier alpha value is -2.45. The summed E-state index contributed by atoms with van der Waals surface area (Å²) in [6, 6.07) is 12.0. The van der Waals surface area contributed by atoms with Crippen LogP contribution in [-0.2, 0) is 10.0 Å². The van der Waals surface area contributed by atoms with E-state index in [4.69, 9.17) is 11.6 Å². The lowest BCUT2D eigenvalue weighted by Crippen LogP contribution is -2.16. The standard InChI is InChI=1S/C14H10ClFN4O2S/c15-12-7-6-10(16)8-13(12)23(21,22)19-14-18-17-9-20(14)11-4-2-1-3-5-11/h1-9H,(H,18,19). The lowest BCUT2D eigenvalue weighted by molar-refractivity contribution is 0.595. The predicted molar refractivity (Wildman–Crippen MR) is 83.6 cm³/mol. The zero-order valence-electron chi connectivity index (χ0n) is 11.5. The third-order valence-corrected chi connectivity index (χ3v) is 4.80. The molecule has 0 aliphatic rings. The second-order valence-corrected chi connectivity index (χ2v) is 6.60. The zero-order chi connectivity index (χ0) is 16.4. The smallest absolute Gasteiger partial charge is 0.265 e. The fourth-order valence-corrected chi connectivity index (χ4v) is 3.44. The molecule has 0 radical (unpaired) electrons. The fraction of sp³-hybridized carbons (Fsp3) is 0. The molecule has 3 aromatic rings. The van der Waals surface area contributed by atoms with Gasteiger partial charge in [0.1, 0.15) is 17.0 Å². The summed E-state index contributed by atoms with van der Waals surface area (Å²) < 4.78 is 41.9. The van der Waals surface area contributed by atoms with E-state index in [0.29, 0.717) is 5.69 Å². The van der Waals surface area contributed by atoms with E-state index in [1.165, 1.54) is 17.0 Å². The molecule has 9 heteroatoms. The molecule has 0 amide bonds. The summed E-state index contributed by atoms with van der Waals surface area (Å²) in [7, 11) is -4.11. The maximum absolute atomic E-state index is 13.3. The minimum absolute atomic E-state index is 0.0310. The Labute approximate surface area is 136 Å². The third-order valence-electron chi connectivity index (χ3n) is 2.99. The van der Waals surface area contributed by atoms with E-state index in [0.717, 1.165) is 12.1 Å². The first-order valence-corrected chi connectivity index (χ1v) is 8.27. The van der Waals surface area contributed by atoms with Crippen molar-refractivity contribution in [3.63, 3.8) is 0 Å². The average Bonchev–Trinajstić information content (AvgIpc) is 2.98. The Bertz CT molecular complexity index is 944. The van der Waals surface area contributed by atoms with Crippen molar-refractivity contribution >= 4 is 27.6 Å². The minimum atomic E-state index is -4.11. The van der Waals surface area contributed by atoms with Crippen molar-refractivity contribution in [2.45, 2.75) is 4.90 Å². The quantitative estimate of drug-likeness (QED) is 0.783. The van der Waals surface area contributed by atoms with Crippen LogP contribution in [0.1, 0.15) is 0 Å². The van der Waals surface area contributed by atoms with Gasteiger partial charge in [-0.05, 0) is 30.3 Å². The van der Waals surface area contributed by atoms with Gasteiger partial charge in [-0.2, -0.15) is 0 Å². The van der Waals surface area contributed by atoms with Crippen molar-refractivity contribution < 1.29 is 12.8 Å². The third kappa shape index (κ3) is 3.17. The average molecular weight is 353 g/mol. The first kappa shape index (κ1) is 15.4. The summed E-state index contributed by atoms with van der Waals surface area (Å²) in [5.41, 5.74) is 0.667. The molecule has 0 spiro atoms. The minimum Gasteiger partial charge on any atom is -0.267 e. The Balaban J connectivity index is 2.00. The highest BCUT2D eigenvalue weighted by Gasteiger charge is 2.21. The van der Waals surface area contributed by atoms with E-state index in [-0.39, 0.29) is 15.9 Å². The van der Waals surface area contributed by atoms with Gasteiger partial charge in [0.15, 0.2) is 0 Å². The number of para-hydroxylation sites is 1. The Morgan fingerprint density at radius 3 is 2.61 bits per heavy atom. The van der Waals surface area contributed by atoms with Gasteiger partial charge in [-0.15, -0.1) is 10.2 Å². The Morgan fingerprint density at radius 1 is 1.13 bits per heavy atom. The van der Waals surface area contributed by atoms with Crippen LogP contribution < -0.4 is 4.72 Å². The number of benzene rings is 2. The zero-order valence-corrected chi connectivity index (χ0v) is 13.1. The number of hydrogen-bond donors (Lipinski definition) is 1. The van der Waals surface area contributed by atoms with Crippen LogP contribution in [-0.4, -0.2) is 23.2 Å². The maximum atomic E-state index is 13.3. The second-order valence-electron chi connectivity index (χ2n) is 4.54. The molecule has 0 fully saturated rings. The Morgan fingerprint density at radius 2 is 1.87 bits per heavy atom. The van der Waals surface area contributed by atoms with Crippen LogP contribution in [0.3, 0.4) is 0 Å². The van der Waals surface area contributed by atoms with Crippen molar-refractivity contribution in [2.24, 2.45) is 0 Å². The summed E-state index contributed by atoms with van der Waals surface area (Å²) in [4.78, 5) is -0.373. The molecule has 0 atom stereocenters. The molecule has 118 valence electrons. The molecule has 0 saturated carbocycles. The van der Waals surface area contributed by atoms with Crippen molar-refractivity contribution in [3.8, 4) is 5.69 Å². The van der Waals surface area contributed by atoms with Gasteiger partial charge in [-0.25, -0.2) is 17.5 Å². The number of nitrogens with one attached hydrogen (secondary N) is 1. The topological polar surface area (TPSA) is 76.9 Å². The van der Waals surface area contributed by atoms with Gasteiger partial charge < -0.3 is 0 Å². The molecule has 0 aliphatic heterocycles. The van der Waals surface area contributed by atoms with Gasteiger partial charge in [0, 0.05) is 0 Å². The summed E-state index contributed by atoms with van der Waals surface area (Å²) in [5.74, 6) is -0.740. The highest BCUT2D eigenvalue weighted by molar-refractivity contribution is 7.92. The predicted octanol–water partition coefficient (Wildman–Crippen LogP) is 2.86. The molecule has 2 aromatic carbocycles. The lowest BCUT2D eigenvalue weighted by Gasteiger charge is -2.10. The molecular formula is C14H10ClFN4O2S. The van der Waals surface area contributed by atoms with Gasteiger partial charge in [0.25, 0.3) is 10.0 Å². The number of rotatable bonds is 4. The van der Waals surface area contributed by atoms with Crippen LogP contribution in [0.15, 0.2) is 59.8 Å². The van der Waals surface area contributed by atoms with E-state index in [1.807, 2.05) is 6.07 Å². The van der Waals surface area contributed by atoms with Gasteiger partial charge >= 0.3 is 0 Å².